The lowest BCUT2D eigenvalue weighted by Crippen LogP contribution is -2.16. The molecule has 1 amide bonds. The molecule has 0 aliphatic heterocycles. The summed E-state index contributed by atoms with van der Waals surface area (Å²) in [6.45, 7) is 3.73. The minimum absolute atomic E-state index is 0.126. The first-order valence-electron chi connectivity index (χ1n) is 5.88. The predicted octanol–water partition coefficient (Wildman–Crippen LogP) is 3.43. The van der Waals surface area contributed by atoms with Crippen molar-refractivity contribution in [3.8, 4) is 0 Å². The van der Waals surface area contributed by atoms with Crippen molar-refractivity contribution in [3.05, 3.63) is 51.4 Å². The second kappa shape index (κ2) is 5.58. The van der Waals surface area contributed by atoms with Crippen molar-refractivity contribution < 1.29 is 9.18 Å². The first-order valence-corrected chi connectivity index (χ1v) is 6.67. The van der Waals surface area contributed by atoms with Crippen LogP contribution in [0.5, 0.6) is 0 Å². The average molecular weight is 338 g/mol. The van der Waals surface area contributed by atoms with Crippen LogP contribution in [0, 0.1) is 19.7 Å². The van der Waals surface area contributed by atoms with Crippen LogP contribution in [0.3, 0.4) is 0 Å². The highest BCUT2D eigenvalue weighted by Gasteiger charge is 2.16. The number of aryl methyl sites for hydroxylation is 2. The zero-order valence-corrected chi connectivity index (χ0v) is 12.6. The van der Waals surface area contributed by atoms with Gasteiger partial charge in [-0.25, -0.2) is 9.37 Å². The molecule has 0 unspecified atom stereocenters. The highest BCUT2D eigenvalue weighted by molar-refractivity contribution is 9.10. The van der Waals surface area contributed by atoms with E-state index >= 15 is 0 Å². The molecule has 1 aromatic carbocycles. The van der Waals surface area contributed by atoms with Crippen molar-refractivity contribution in [2.75, 3.05) is 11.1 Å². The van der Waals surface area contributed by atoms with Crippen LogP contribution in [0.15, 0.2) is 28.9 Å². The van der Waals surface area contributed by atoms with Gasteiger partial charge in [0.2, 0.25) is 0 Å². The quantitative estimate of drug-likeness (QED) is 0.881. The van der Waals surface area contributed by atoms with E-state index in [0.29, 0.717) is 5.69 Å². The lowest BCUT2D eigenvalue weighted by atomic mass is 10.1. The smallest absolute Gasteiger partial charge is 0.258 e. The Balaban J connectivity index is 2.36. The van der Waals surface area contributed by atoms with E-state index in [4.69, 9.17) is 5.73 Å². The van der Waals surface area contributed by atoms with E-state index in [1.165, 1.54) is 12.3 Å². The summed E-state index contributed by atoms with van der Waals surface area (Å²) in [6, 6.07) is 5.05. The van der Waals surface area contributed by atoms with Gasteiger partial charge in [0.1, 0.15) is 0 Å². The number of benzene rings is 1. The third kappa shape index (κ3) is 2.80. The van der Waals surface area contributed by atoms with Crippen molar-refractivity contribution in [2.45, 2.75) is 13.8 Å². The van der Waals surface area contributed by atoms with Gasteiger partial charge >= 0.3 is 0 Å². The molecule has 2 aromatic rings. The third-order valence-electron chi connectivity index (χ3n) is 2.90. The Morgan fingerprint density at radius 3 is 2.55 bits per heavy atom. The molecule has 0 fully saturated rings. The topological polar surface area (TPSA) is 68.0 Å². The number of hydrogen-bond acceptors (Lipinski definition) is 3. The first kappa shape index (κ1) is 14.5. The molecule has 0 radical (unpaired) electrons. The largest absolute Gasteiger partial charge is 0.381 e. The summed E-state index contributed by atoms with van der Waals surface area (Å²) in [7, 11) is 0. The van der Waals surface area contributed by atoms with E-state index in [1.54, 1.807) is 0 Å². The molecule has 1 aromatic heterocycles. The standard InChI is InChI=1S/C14H13BrFN3O/c1-7-5-9(15)6-8(2)12(7)19-14(20)10-3-4-18-13(17)11(10)16/h3-6H,1-2H3,(H2,17,18)(H,19,20). The van der Waals surface area contributed by atoms with Gasteiger partial charge in [-0.1, -0.05) is 15.9 Å². The number of amides is 1. The normalized spacial score (nSPS) is 10.4. The highest BCUT2D eigenvalue weighted by Crippen LogP contribution is 2.26. The SMILES string of the molecule is Cc1cc(Br)cc(C)c1NC(=O)c1ccnc(N)c1F. The number of carbonyl (C=O) groups is 1. The molecule has 0 aliphatic carbocycles. The second-order valence-corrected chi connectivity index (χ2v) is 5.34. The molecule has 4 nitrogen and oxygen atoms in total. The Morgan fingerprint density at radius 2 is 1.95 bits per heavy atom. The second-order valence-electron chi connectivity index (χ2n) is 4.43. The molecular formula is C14H13BrFN3O. The predicted molar refractivity (Wildman–Crippen MR) is 80.2 cm³/mol. The molecular weight excluding hydrogens is 325 g/mol. The van der Waals surface area contributed by atoms with Crippen LogP contribution in [0.4, 0.5) is 15.9 Å². The van der Waals surface area contributed by atoms with E-state index in [-0.39, 0.29) is 11.4 Å². The van der Waals surface area contributed by atoms with Gasteiger partial charge in [0.05, 0.1) is 5.56 Å². The molecule has 1 heterocycles. The molecule has 0 aliphatic rings. The number of anilines is 2. The number of carbonyl (C=O) groups excluding carboxylic acids is 1. The Kier molecular flexibility index (Phi) is 4.04. The zero-order chi connectivity index (χ0) is 14.9. The van der Waals surface area contributed by atoms with Crippen LogP contribution in [-0.4, -0.2) is 10.9 Å². The zero-order valence-electron chi connectivity index (χ0n) is 11.0. The van der Waals surface area contributed by atoms with E-state index < -0.39 is 11.7 Å². The minimum Gasteiger partial charge on any atom is -0.381 e. The molecule has 0 saturated carbocycles. The van der Waals surface area contributed by atoms with Crippen LogP contribution in [0.25, 0.3) is 0 Å². The minimum atomic E-state index is -0.808. The maximum Gasteiger partial charge on any atom is 0.258 e. The number of pyridine rings is 1. The fourth-order valence-corrected chi connectivity index (χ4v) is 2.61. The lowest BCUT2D eigenvalue weighted by molar-refractivity contribution is 0.102. The summed E-state index contributed by atoms with van der Waals surface area (Å²) in [5, 5.41) is 2.71. The molecule has 104 valence electrons. The fourth-order valence-electron chi connectivity index (χ4n) is 1.92. The number of hydrogen-bond donors (Lipinski definition) is 2. The fraction of sp³-hybridized carbons (Fsp3) is 0.143. The Hall–Kier alpha value is -1.95. The maximum absolute atomic E-state index is 13.8. The molecule has 20 heavy (non-hydrogen) atoms. The first-order chi connectivity index (χ1) is 9.40. The number of nitrogens with one attached hydrogen (secondary N) is 1. The summed E-state index contributed by atoms with van der Waals surface area (Å²) in [4.78, 5) is 15.7. The van der Waals surface area contributed by atoms with Gasteiger partial charge in [-0.3, -0.25) is 4.79 Å². The van der Waals surface area contributed by atoms with Crippen molar-refractivity contribution in [2.24, 2.45) is 0 Å². The van der Waals surface area contributed by atoms with E-state index in [1.807, 2.05) is 26.0 Å². The van der Waals surface area contributed by atoms with Gasteiger partial charge < -0.3 is 11.1 Å². The van der Waals surface area contributed by atoms with Gasteiger partial charge in [0.25, 0.3) is 5.91 Å². The number of rotatable bonds is 2. The van der Waals surface area contributed by atoms with Crippen LogP contribution in [0.1, 0.15) is 21.5 Å². The van der Waals surface area contributed by atoms with Crippen molar-refractivity contribution in [1.82, 2.24) is 4.98 Å². The average Bonchev–Trinajstić information content (AvgIpc) is 2.36. The summed E-state index contributed by atoms with van der Waals surface area (Å²) in [5.41, 5.74) is 7.66. The lowest BCUT2D eigenvalue weighted by Gasteiger charge is -2.13. The van der Waals surface area contributed by atoms with Gasteiger partial charge in [-0.15, -0.1) is 0 Å². The molecule has 0 atom stereocenters. The molecule has 6 heteroatoms. The van der Waals surface area contributed by atoms with E-state index in [2.05, 4.69) is 26.2 Å². The van der Waals surface area contributed by atoms with Crippen LogP contribution in [-0.2, 0) is 0 Å². The molecule has 3 N–H and O–H groups in total. The van der Waals surface area contributed by atoms with Crippen molar-refractivity contribution >= 4 is 33.3 Å². The van der Waals surface area contributed by atoms with Gasteiger partial charge in [0, 0.05) is 16.4 Å². The summed E-state index contributed by atoms with van der Waals surface area (Å²) in [5.74, 6) is -1.65. The number of nitrogen functional groups attached to an aromatic ring is 1. The Morgan fingerprint density at radius 1 is 1.35 bits per heavy atom. The van der Waals surface area contributed by atoms with Crippen LogP contribution < -0.4 is 11.1 Å². The number of aromatic nitrogens is 1. The van der Waals surface area contributed by atoms with Crippen LogP contribution in [0.2, 0.25) is 0 Å². The molecule has 2 rings (SSSR count). The number of halogens is 2. The summed E-state index contributed by atoms with van der Waals surface area (Å²) >= 11 is 3.38. The van der Waals surface area contributed by atoms with Gasteiger partial charge in [-0.05, 0) is 43.2 Å². The summed E-state index contributed by atoms with van der Waals surface area (Å²) in [6.07, 6.45) is 1.30. The number of nitrogens with two attached hydrogens (primary N) is 1. The van der Waals surface area contributed by atoms with Crippen LogP contribution >= 0.6 is 15.9 Å². The van der Waals surface area contributed by atoms with Gasteiger partial charge in [0.15, 0.2) is 11.6 Å². The van der Waals surface area contributed by atoms with Gasteiger partial charge in [-0.2, -0.15) is 0 Å². The maximum atomic E-state index is 13.8. The monoisotopic (exact) mass is 337 g/mol. The van der Waals surface area contributed by atoms with Crippen molar-refractivity contribution in [1.29, 1.82) is 0 Å². The van der Waals surface area contributed by atoms with E-state index in [9.17, 15) is 9.18 Å². The number of nitrogens with zero attached hydrogens (tertiary/aromatic N) is 1. The van der Waals surface area contributed by atoms with E-state index in [0.717, 1.165) is 15.6 Å². The Labute approximate surface area is 124 Å². The third-order valence-corrected chi connectivity index (χ3v) is 3.35. The summed E-state index contributed by atoms with van der Waals surface area (Å²) < 4.78 is 14.7. The molecule has 0 spiro atoms. The molecule has 0 saturated heterocycles. The highest BCUT2D eigenvalue weighted by atomic mass is 79.9. The Bertz CT molecular complexity index is 665. The van der Waals surface area contributed by atoms with Crippen molar-refractivity contribution in [3.63, 3.8) is 0 Å². The molecule has 0 bridgehead atoms.